The summed E-state index contributed by atoms with van der Waals surface area (Å²) in [5.41, 5.74) is 1.62. The van der Waals surface area contributed by atoms with Gasteiger partial charge in [0, 0.05) is 24.3 Å². The molecule has 0 radical (unpaired) electrons. The van der Waals surface area contributed by atoms with E-state index in [9.17, 15) is 4.79 Å². The van der Waals surface area contributed by atoms with Crippen LogP contribution in [-0.2, 0) is 11.3 Å². The van der Waals surface area contributed by atoms with E-state index >= 15 is 0 Å². The standard InChI is InChI=1S/C20H21NO6/c1-23-16-10-18(25-3)17(24-2)9-14(16)5-7-20(22)21-11-13-4-6-15-19(8-13)27-12-26-15/h4-10H,11-12H2,1-3H3,(H,21,22)/b7-5+. The van der Waals surface area contributed by atoms with Gasteiger partial charge in [-0.2, -0.15) is 0 Å². The molecule has 2 aromatic carbocycles. The molecule has 142 valence electrons. The highest BCUT2D eigenvalue weighted by Crippen LogP contribution is 2.35. The van der Waals surface area contributed by atoms with E-state index in [1.54, 1.807) is 39.5 Å². The molecule has 0 unspecified atom stereocenters. The minimum atomic E-state index is -0.232. The number of ether oxygens (including phenoxy) is 5. The summed E-state index contributed by atoms with van der Waals surface area (Å²) in [5, 5.41) is 2.83. The molecular formula is C20H21NO6. The Morgan fingerprint density at radius 2 is 1.70 bits per heavy atom. The van der Waals surface area contributed by atoms with Crippen molar-refractivity contribution in [3.8, 4) is 28.7 Å². The molecule has 0 spiro atoms. The van der Waals surface area contributed by atoms with E-state index in [-0.39, 0.29) is 12.7 Å². The maximum atomic E-state index is 12.2. The number of nitrogens with one attached hydrogen (secondary N) is 1. The Morgan fingerprint density at radius 1 is 1.00 bits per heavy atom. The van der Waals surface area contributed by atoms with Gasteiger partial charge in [-0.3, -0.25) is 4.79 Å². The van der Waals surface area contributed by atoms with Gasteiger partial charge in [0.25, 0.3) is 0 Å². The summed E-state index contributed by atoms with van der Waals surface area (Å²) in [6.45, 7) is 0.601. The molecule has 0 fully saturated rings. The molecule has 27 heavy (non-hydrogen) atoms. The first-order chi connectivity index (χ1) is 13.1. The van der Waals surface area contributed by atoms with Gasteiger partial charge in [-0.25, -0.2) is 0 Å². The van der Waals surface area contributed by atoms with E-state index in [2.05, 4.69) is 5.32 Å². The van der Waals surface area contributed by atoms with E-state index in [1.807, 2.05) is 18.2 Å². The SMILES string of the molecule is COc1cc(OC)c(OC)cc1/C=C/C(=O)NCc1ccc2c(c1)OCO2. The van der Waals surface area contributed by atoms with Crippen molar-refractivity contribution in [1.29, 1.82) is 0 Å². The Hall–Kier alpha value is -3.35. The average Bonchev–Trinajstić information content (AvgIpc) is 3.17. The molecule has 0 aromatic heterocycles. The van der Waals surface area contributed by atoms with Crippen LogP contribution in [0.15, 0.2) is 36.4 Å². The van der Waals surface area contributed by atoms with Crippen molar-refractivity contribution in [1.82, 2.24) is 5.32 Å². The number of carbonyl (C=O) groups excluding carboxylic acids is 1. The summed E-state index contributed by atoms with van der Waals surface area (Å²) in [5.74, 6) is 2.85. The van der Waals surface area contributed by atoms with E-state index < -0.39 is 0 Å². The van der Waals surface area contributed by atoms with Gasteiger partial charge < -0.3 is 29.0 Å². The van der Waals surface area contributed by atoms with E-state index in [0.717, 1.165) is 5.56 Å². The van der Waals surface area contributed by atoms with Crippen molar-refractivity contribution < 1.29 is 28.5 Å². The number of rotatable bonds is 7. The van der Waals surface area contributed by atoms with Gasteiger partial charge in [-0.15, -0.1) is 0 Å². The third-order valence-corrected chi connectivity index (χ3v) is 4.05. The van der Waals surface area contributed by atoms with Crippen LogP contribution in [0.25, 0.3) is 6.08 Å². The predicted octanol–water partition coefficient (Wildman–Crippen LogP) is 2.77. The molecule has 0 saturated heterocycles. The first-order valence-corrected chi connectivity index (χ1v) is 8.29. The second kappa shape index (κ2) is 8.35. The molecule has 0 aliphatic carbocycles. The van der Waals surface area contributed by atoms with Crippen molar-refractivity contribution in [3.63, 3.8) is 0 Å². The highest BCUT2D eigenvalue weighted by molar-refractivity contribution is 5.92. The number of hydrogen-bond donors (Lipinski definition) is 1. The summed E-state index contributed by atoms with van der Waals surface area (Å²) in [6.07, 6.45) is 3.10. The molecule has 1 N–H and O–H groups in total. The lowest BCUT2D eigenvalue weighted by atomic mass is 10.1. The summed E-state index contributed by atoms with van der Waals surface area (Å²) < 4.78 is 26.5. The van der Waals surface area contributed by atoms with Crippen LogP contribution in [0, 0.1) is 0 Å². The zero-order valence-corrected chi connectivity index (χ0v) is 15.4. The zero-order chi connectivity index (χ0) is 19.2. The van der Waals surface area contributed by atoms with Crippen LogP contribution in [0.3, 0.4) is 0 Å². The summed E-state index contributed by atoms with van der Waals surface area (Å²) in [4.78, 5) is 12.2. The minimum absolute atomic E-state index is 0.223. The quantitative estimate of drug-likeness (QED) is 0.755. The Balaban J connectivity index is 1.66. The molecule has 7 heteroatoms. The molecule has 1 amide bonds. The molecule has 7 nitrogen and oxygen atoms in total. The van der Waals surface area contributed by atoms with Gasteiger partial charge in [0.05, 0.1) is 21.3 Å². The van der Waals surface area contributed by atoms with E-state index in [0.29, 0.717) is 40.9 Å². The van der Waals surface area contributed by atoms with Crippen LogP contribution in [0.4, 0.5) is 0 Å². The fourth-order valence-electron chi connectivity index (χ4n) is 2.65. The molecule has 2 aromatic rings. The van der Waals surface area contributed by atoms with E-state index in [1.165, 1.54) is 6.08 Å². The highest BCUT2D eigenvalue weighted by atomic mass is 16.7. The van der Waals surface area contributed by atoms with E-state index in [4.69, 9.17) is 23.7 Å². The monoisotopic (exact) mass is 371 g/mol. The van der Waals surface area contributed by atoms with Crippen LogP contribution >= 0.6 is 0 Å². The van der Waals surface area contributed by atoms with Gasteiger partial charge in [0.2, 0.25) is 12.7 Å². The topological polar surface area (TPSA) is 75.3 Å². The van der Waals surface area contributed by atoms with Gasteiger partial charge >= 0.3 is 0 Å². The Bertz CT molecular complexity index is 862. The second-order valence-corrected chi connectivity index (χ2v) is 5.69. The van der Waals surface area contributed by atoms with Crippen LogP contribution in [0.1, 0.15) is 11.1 Å². The van der Waals surface area contributed by atoms with Gasteiger partial charge in [0.1, 0.15) is 5.75 Å². The minimum Gasteiger partial charge on any atom is -0.496 e. The number of benzene rings is 2. The summed E-state index contributed by atoms with van der Waals surface area (Å²) in [7, 11) is 4.66. The molecule has 0 bridgehead atoms. The van der Waals surface area contributed by atoms with Crippen molar-refractivity contribution in [3.05, 3.63) is 47.5 Å². The fourth-order valence-corrected chi connectivity index (χ4v) is 2.65. The highest BCUT2D eigenvalue weighted by Gasteiger charge is 2.13. The first kappa shape index (κ1) is 18.4. The largest absolute Gasteiger partial charge is 0.496 e. The lowest BCUT2D eigenvalue weighted by Gasteiger charge is -2.12. The van der Waals surface area contributed by atoms with Crippen LogP contribution in [0.2, 0.25) is 0 Å². The number of methoxy groups -OCH3 is 3. The third kappa shape index (κ3) is 4.25. The Labute approximate surface area is 157 Å². The smallest absolute Gasteiger partial charge is 0.244 e. The van der Waals surface area contributed by atoms with Crippen LogP contribution < -0.4 is 29.0 Å². The van der Waals surface area contributed by atoms with Gasteiger partial charge in [-0.05, 0) is 29.8 Å². The van der Waals surface area contributed by atoms with Crippen molar-refractivity contribution in [2.45, 2.75) is 6.54 Å². The zero-order valence-electron chi connectivity index (χ0n) is 15.4. The normalized spacial score (nSPS) is 12.1. The van der Waals surface area contributed by atoms with Crippen LogP contribution in [0.5, 0.6) is 28.7 Å². The van der Waals surface area contributed by atoms with Crippen molar-refractivity contribution in [2.24, 2.45) is 0 Å². The van der Waals surface area contributed by atoms with Gasteiger partial charge in [-0.1, -0.05) is 6.07 Å². The summed E-state index contributed by atoms with van der Waals surface area (Å²) in [6, 6.07) is 9.02. The first-order valence-electron chi connectivity index (χ1n) is 8.29. The molecule has 0 atom stereocenters. The lowest BCUT2D eigenvalue weighted by Crippen LogP contribution is -2.20. The molecule has 1 aliphatic heterocycles. The second-order valence-electron chi connectivity index (χ2n) is 5.69. The number of carbonyl (C=O) groups is 1. The number of fused-ring (bicyclic) bond motifs is 1. The van der Waals surface area contributed by atoms with Crippen molar-refractivity contribution >= 4 is 12.0 Å². The average molecular weight is 371 g/mol. The molecule has 1 aliphatic rings. The fraction of sp³-hybridized carbons (Fsp3) is 0.250. The predicted molar refractivity (Wildman–Crippen MR) is 99.5 cm³/mol. The van der Waals surface area contributed by atoms with Crippen LogP contribution in [-0.4, -0.2) is 34.0 Å². The number of hydrogen-bond acceptors (Lipinski definition) is 6. The molecule has 0 saturated carbocycles. The third-order valence-electron chi connectivity index (χ3n) is 4.05. The Kier molecular flexibility index (Phi) is 5.71. The molecule has 1 heterocycles. The molecule has 3 rings (SSSR count). The van der Waals surface area contributed by atoms with Gasteiger partial charge in [0.15, 0.2) is 23.0 Å². The maximum absolute atomic E-state index is 12.2. The maximum Gasteiger partial charge on any atom is 0.244 e. The lowest BCUT2D eigenvalue weighted by molar-refractivity contribution is -0.116. The molecular weight excluding hydrogens is 350 g/mol. The summed E-state index contributed by atoms with van der Waals surface area (Å²) >= 11 is 0. The van der Waals surface area contributed by atoms with Crippen molar-refractivity contribution in [2.75, 3.05) is 28.1 Å². The number of amides is 1. The Morgan fingerprint density at radius 3 is 2.44 bits per heavy atom.